The number of amidine groups is 1. The quantitative estimate of drug-likeness (QED) is 0.658. The number of hydrogen-bond donors (Lipinski definition) is 2. The van der Waals surface area contributed by atoms with Crippen LogP contribution in [0.4, 0.5) is 5.69 Å². The molecule has 0 fully saturated rings. The number of Topliss-reactive ketones (excluding diaryl/α,β-unsaturated/α-hetero) is 1. The van der Waals surface area contributed by atoms with Gasteiger partial charge in [-0.1, -0.05) is 41.0 Å². The number of nitrogens with zero attached hydrogens (tertiary/aromatic N) is 1. The molecule has 7 heteroatoms. The minimum Gasteiger partial charge on any atom is -0.363 e. The van der Waals surface area contributed by atoms with Crippen molar-refractivity contribution in [3.05, 3.63) is 38.8 Å². The summed E-state index contributed by atoms with van der Waals surface area (Å²) in [5.41, 5.74) is 1.01. The zero-order valence-electron chi connectivity index (χ0n) is 11.0. The van der Waals surface area contributed by atoms with Crippen LogP contribution in [0.3, 0.4) is 0 Å². The van der Waals surface area contributed by atoms with Crippen molar-refractivity contribution in [2.24, 2.45) is 0 Å². The molecule has 1 heterocycles. The number of thioether (sulfide) groups is 1. The molecular formula is C13H13Cl2N3OS. The van der Waals surface area contributed by atoms with Crippen LogP contribution in [0.5, 0.6) is 0 Å². The first-order valence-corrected chi connectivity index (χ1v) is 7.53. The molecule has 0 amide bonds. The van der Waals surface area contributed by atoms with Gasteiger partial charge in [0.15, 0.2) is 5.78 Å². The molecule has 20 heavy (non-hydrogen) atoms. The minimum absolute atomic E-state index is 0.0608. The van der Waals surface area contributed by atoms with Gasteiger partial charge in [-0.15, -0.1) is 0 Å². The number of hydrogen-bond acceptors (Lipinski definition) is 4. The average Bonchev–Trinajstić information content (AvgIpc) is 2.75. The predicted octanol–water partition coefficient (Wildman–Crippen LogP) is 3.47. The lowest BCUT2D eigenvalue weighted by atomic mass is 10.1. The van der Waals surface area contributed by atoms with Gasteiger partial charge in [-0.2, -0.15) is 0 Å². The lowest BCUT2D eigenvalue weighted by Crippen LogP contribution is -2.27. The summed E-state index contributed by atoms with van der Waals surface area (Å²) in [6, 6.07) is 5.25. The van der Waals surface area contributed by atoms with Crippen molar-refractivity contribution in [2.45, 2.75) is 0 Å². The highest BCUT2D eigenvalue weighted by atomic mass is 35.5. The van der Waals surface area contributed by atoms with Crippen molar-refractivity contribution in [2.75, 3.05) is 25.2 Å². The third-order valence-corrected chi connectivity index (χ3v) is 4.56. The molecule has 0 spiro atoms. The van der Waals surface area contributed by atoms with Crippen molar-refractivity contribution in [3.63, 3.8) is 0 Å². The molecule has 1 aromatic carbocycles. The van der Waals surface area contributed by atoms with Crippen LogP contribution in [-0.4, -0.2) is 36.4 Å². The van der Waals surface area contributed by atoms with Crippen molar-refractivity contribution in [1.82, 2.24) is 4.90 Å². The van der Waals surface area contributed by atoms with E-state index in [0.29, 0.717) is 32.1 Å². The monoisotopic (exact) mass is 329 g/mol. The van der Waals surface area contributed by atoms with E-state index in [1.165, 1.54) is 11.8 Å². The second-order valence-corrected chi connectivity index (χ2v) is 6.16. The normalized spacial score (nSPS) is 14.7. The van der Waals surface area contributed by atoms with E-state index < -0.39 is 0 Å². The standard InChI is InChI=1S/C13H13Cl2N3OS/c1-18(2)12(16)10-9(19)6-20-13(10)17-8-5-3-4-7(14)11(8)15/h3-5,16-17H,6H2,1-2H3. The molecule has 1 aliphatic heterocycles. The summed E-state index contributed by atoms with van der Waals surface area (Å²) in [7, 11) is 3.46. The van der Waals surface area contributed by atoms with Crippen LogP contribution >= 0.6 is 35.0 Å². The Morgan fingerprint density at radius 2 is 2.10 bits per heavy atom. The Morgan fingerprint density at radius 3 is 2.75 bits per heavy atom. The first-order chi connectivity index (χ1) is 9.41. The lowest BCUT2D eigenvalue weighted by molar-refractivity contribution is -0.112. The molecule has 1 aromatic rings. The van der Waals surface area contributed by atoms with E-state index in [1.54, 1.807) is 37.2 Å². The van der Waals surface area contributed by atoms with Gasteiger partial charge in [0.2, 0.25) is 0 Å². The molecule has 4 nitrogen and oxygen atoms in total. The maximum absolute atomic E-state index is 11.9. The van der Waals surface area contributed by atoms with Crippen molar-refractivity contribution < 1.29 is 4.79 Å². The smallest absolute Gasteiger partial charge is 0.179 e. The molecule has 0 aromatic heterocycles. The summed E-state index contributed by atoms with van der Waals surface area (Å²) in [5.74, 6) is 0.446. The lowest BCUT2D eigenvalue weighted by Gasteiger charge is -2.16. The minimum atomic E-state index is -0.0608. The van der Waals surface area contributed by atoms with E-state index >= 15 is 0 Å². The summed E-state index contributed by atoms with van der Waals surface area (Å²) in [6.45, 7) is 0. The summed E-state index contributed by atoms with van der Waals surface area (Å²) >= 11 is 13.5. The van der Waals surface area contributed by atoms with Gasteiger partial charge in [0.1, 0.15) is 5.84 Å². The van der Waals surface area contributed by atoms with Gasteiger partial charge in [-0.3, -0.25) is 10.2 Å². The molecule has 0 atom stereocenters. The molecule has 0 unspecified atom stereocenters. The second-order valence-electron chi connectivity index (χ2n) is 4.39. The number of halogens is 2. The topological polar surface area (TPSA) is 56.2 Å². The Bertz CT molecular complexity index is 614. The third kappa shape index (κ3) is 2.95. The first-order valence-electron chi connectivity index (χ1n) is 5.79. The van der Waals surface area contributed by atoms with E-state index in [-0.39, 0.29) is 11.6 Å². The van der Waals surface area contributed by atoms with Gasteiger partial charge in [-0.05, 0) is 12.1 Å². The van der Waals surface area contributed by atoms with Crippen LogP contribution in [0.15, 0.2) is 28.8 Å². The van der Waals surface area contributed by atoms with Gasteiger partial charge in [0.25, 0.3) is 0 Å². The van der Waals surface area contributed by atoms with Crippen LogP contribution < -0.4 is 5.32 Å². The van der Waals surface area contributed by atoms with Crippen molar-refractivity contribution >= 4 is 52.3 Å². The Balaban J connectivity index is 2.37. The summed E-state index contributed by atoms with van der Waals surface area (Å²) in [5, 5.41) is 12.6. The SMILES string of the molecule is CN(C)C(=N)C1=C(Nc2cccc(Cl)c2Cl)SCC1=O. The van der Waals surface area contributed by atoms with Crippen molar-refractivity contribution in [3.8, 4) is 0 Å². The molecule has 106 valence electrons. The van der Waals surface area contributed by atoms with Gasteiger partial charge in [0, 0.05) is 14.1 Å². The first kappa shape index (κ1) is 15.2. The molecule has 2 rings (SSSR count). The Kier molecular flexibility index (Phi) is 4.62. The van der Waals surface area contributed by atoms with E-state index in [4.69, 9.17) is 28.6 Å². The molecule has 0 radical (unpaired) electrons. The highest BCUT2D eigenvalue weighted by molar-refractivity contribution is 8.04. The summed E-state index contributed by atoms with van der Waals surface area (Å²) in [4.78, 5) is 13.5. The molecule has 1 aliphatic rings. The number of anilines is 1. The van der Waals surface area contributed by atoms with E-state index in [0.717, 1.165) is 0 Å². The average molecular weight is 330 g/mol. The van der Waals surface area contributed by atoms with Gasteiger partial charge >= 0.3 is 0 Å². The number of likely N-dealkylation sites (N-methyl/N-ethyl adjacent to an activating group) is 1. The zero-order valence-corrected chi connectivity index (χ0v) is 13.3. The number of carbonyl (C=O) groups is 1. The fourth-order valence-corrected chi connectivity index (χ4v) is 3.00. The van der Waals surface area contributed by atoms with Crippen LogP contribution in [0, 0.1) is 5.41 Å². The third-order valence-electron chi connectivity index (χ3n) is 2.74. The maximum Gasteiger partial charge on any atom is 0.179 e. The number of rotatable bonds is 3. The maximum atomic E-state index is 11.9. The van der Waals surface area contributed by atoms with Crippen LogP contribution in [0.2, 0.25) is 10.0 Å². The van der Waals surface area contributed by atoms with Crippen LogP contribution in [0.25, 0.3) is 0 Å². The molecule has 0 saturated heterocycles. The Hall–Kier alpha value is -1.17. The predicted molar refractivity (Wildman–Crippen MR) is 86.0 cm³/mol. The number of nitrogens with one attached hydrogen (secondary N) is 2. The van der Waals surface area contributed by atoms with E-state index in [2.05, 4.69) is 5.32 Å². The van der Waals surface area contributed by atoms with Crippen LogP contribution in [0.1, 0.15) is 0 Å². The van der Waals surface area contributed by atoms with E-state index in [9.17, 15) is 4.79 Å². The molecule has 2 N–H and O–H groups in total. The largest absolute Gasteiger partial charge is 0.363 e. The van der Waals surface area contributed by atoms with Gasteiger partial charge in [-0.25, -0.2) is 0 Å². The highest BCUT2D eigenvalue weighted by Crippen LogP contribution is 2.35. The molecular weight excluding hydrogens is 317 g/mol. The van der Waals surface area contributed by atoms with Crippen LogP contribution in [-0.2, 0) is 4.79 Å². The van der Waals surface area contributed by atoms with E-state index in [1.807, 2.05) is 0 Å². The number of benzene rings is 1. The Labute approximate surface area is 131 Å². The van der Waals surface area contributed by atoms with Gasteiger partial charge < -0.3 is 10.2 Å². The fraction of sp³-hybridized carbons (Fsp3) is 0.231. The molecule has 0 aliphatic carbocycles. The number of carbonyl (C=O) groups excluding carboxylic acids is 1. The summed E-state index contributed by atoms with van der Waals surface area (Å²) < 4.78 is 0. The second kappa shape index (κ2) is 6.08. The van der Waals surface area contributed by atoms with Crippen molar-refractivity contribution in [1.29, 1.82) is 5.41 Å². The zero-order chi connectivity index (χ0) is 14.9. The summed E-state index contributed by atoms with van der Waals surface area (Å²) in [6.07, 6.45) is 0. The fourth-order valence-electron chi connectivity index (χ4n) is 1.69. The Morgan fingerprint density at radius 1 is 1.40 bits per heavy atom. The van der Waals surface area contributed by atoms with Gasteiger partial charge in [0.05, 0.1) is 32.1 Å². The highest BCUT2D eigenvalue weighted by Gasteiger charge is 2.28. The number of ketones is 1. The molecule has 0 bridgehead atoms. The molecule has 0 saturated carbocycles.